The average molecular weight is 285 g/mol. The number of carbonyl (C=O) groups excluding carboxylic acids is 1. The van der Waals surface area contributed by atoms with Crippen LogP contribution in [0.2, 0.25) is 0 Å². The van der Waals surface area contributed by atoms with E-state index >= 15 is 0 Å². The molecule has 0 radical (unpaired) electrons. The second-order valence-corrected chi connectivity index (χ2v) is 5.67. The first-order valence-electron chi connectivity index (χ1n) is 6.68. The highest BCUT2D eigenvalue weighted by Crippen LogP contribution is 2.11. The maximum Gasteiger partial charge on any atom is 0.230 e. The first-order chi connectivity index (χ1) is 9.75. The molecule has 0 aliphatic rings. The van der Waals surface area contributed by atoms with E-state index in [1.807, 2.05) is 36.4 Å². The Morgan fingerprint density at radius 2 is 1.75 bits per heavy atom. The van der Waals surface area contributed by atoms with Crippen molar-refractivity contribution in [3.05, 3.63) is 71.3 Å². The minimum Gasteiger partial charge on any atom is -0.351 e. The molecule has 0 saturated carbocycles. The number of carbonyl (C=O) groups is 1. The van der Waals surface area contributed by atoms with Crippen molar-refractivity contribution in [2.75, 3.05) is 5.75 Å². The van der Waals surface area contributed by atoms with Gasteiger partial charge in [0.2, 0.25) is 5.91 Å². The summed E-state index contributed by atoms with van der Waals surface area (Å²) in [7, 11) is 0. The van der Waals surface area contributed by atoms with Crippen molar-refractivity contribution in [1.82, 2.24) is 5.32 Å². The second-order valence-electron chi connectivity index (χ2n) is 4.68. The molecule has 0 fully saturated rings. The summed E-state index contributed by atoms with van der Waals surface area (Å²) in [6, 6.07) is 18.3. The predicted molar refractivity (Wildman–Crippen MR) is 85.6 cm³/mol. The van der Waals surface area contributed by atoms with Crippen LogP contribution in [0, 0.1) is 6.92 Å². The molecule has 2 aromatic rings. The van der Waals surface area contributed by atoms with Crippen molar-refractivity contribution in [2.45, 2.75) is 19.2 Å². The van der Waals surface area contributed by atoms with Gasteiger partial charge in [-0.3, -0.25) is 4.79 Å². The number of hydrogen-bond acceptors (Lipinski definition) is 2. The fourth-order valence-corrected chi connectivity index (χ4v) is 2.71. The molecule has 1 amide bonds. The Hall–Kier alpha value is -1.74. The first-order valence-corrected chi connectivity index (χ1v) is 7.84. The number of nitrogens with one attached hydrogen (secondary N) is 1. The van der Waals surface area contributed by atoms with Crippen LogP contribution in [0.1, 0.15) is 16.7 Å². The lowest BCUT2D eigenvalue weighted by Crippen LogP contribution is -2.24. The van der Waals surface area contributed by atoms with E-state index in [1.165, 1.54) is 16.7 Å². The molecule has 0 spiro atoms. The molecule has 3 heteroatoms. The lowest BCUT2D eigenvalue weighted by Gasteiger charge is -2.07. The van der Waals surface area contributed by atoms with Gasteiger partial charge in [-0.05, 0) is 23.6 Å². The van der Waals surface area contributed by atoms with Crippen molar-refractivity contribution in [2.24, 2.45) is 0 Å². The van der Waals surface area contributed by atoms with Crippen molar-refractivity contribution < 1.29 is 4.79 Å². The zero-order chi connectivity index (χ0) is 14.2. The van der Waals surface area contributed by atoms with Crippen LogP contribution in [0.15, 0.2) is 54.6 Å². The fraction of sp³-hybridized carbons (Fsp3) is 0.235. The quantitative estimate of drug-likeness (QED) is 0.879. The third-order valence-electron chi connectivity index (χ3n) is 3.08. The molecule has 104 valence electrons. The maximum atomic E-state index is 11.8. The van der Waals surface area contributed by atoms with Crippen molar-refractivity contribution >= 4 is 17.7 Å². The molecular formula is C17H19NOS. The maximum absolute atomic E-state index is 11.8. The van der Waals surface area contributed by atoms with E-state index in [0.717, 1.165) is 5.75 Å². The largest absolute Gasteiger partial charge is 0.351 e. The van der Waals surface area contributed by atoms with Gasteiger partial charge < -0.3 is 5.32 Å². The summed E-state index contributed by atoms with van der Waals surface area (Å²) in [5.74, 6) is 1.47. The monoisotopic (exact) mass is 285 g/mol. The van der Waals surface area contributed by atoms with E-state index in [-0.39, 0.29) is 5.91 Å². The van der Waals surface area contributed by atoms with E-state index in [2.05, 4.69) is 30.4 Å². The molecule has 0 heterocycles. The van der Waals surface area contributed by atoms with Gasteiger partial charge in [0.1, 0.15) is 0 Å². The molecule has 0 bridgehead atoms. The Bertz CT molecular complexity index is 554. The smallest absolute Gasteiger partial charge is 0.230 e. The van der Waals surface area contributed by atoms with E-state index in [0.29, 0.717) is 12.3 Å². The van der Waals surface area contributed by atoms with E-state index in [9.17, 15) is 4.79 Å². The molecule has 0 aliphatic heterocycles. The predicted octanol–water partition coefficient (Wildman–Crippen LogP) is 3.54. The van der Waals surface area contributed by atoms with Crippen LogP contribution in [-0.4, -0.2) is 11.7 Å². The van der Waals surface area contributed by atoms with Gasteiger partial charge in [0, 0.05) is 12.3 Å². The van der Waals surface area contributed by atoms with Crippen molar-refractivity contribution in [1.29, 1.82) is 0 Å². The molecule has 0 atom stereocenters. The molecule has 2 rings (SSSR count). The summed E-state index contributed by atoms with van der Waals surface area (Å²) in [5.41, 5.74) is 3.64. The minimum atomic E-state index is 0.0918. The zero-order valence-corrected chi connectivity index (χ0v) is 12.5. The highest BCUT2D eigenvalue weighted by Gasteiger charge is 2.03. The van der Waals surface area contributed by atoms with Gasteiger partial charge in [0.15, 0.2) is 0 Å². The summed E-state index contributed by atoms with van der Waals surface area (Å²) in [6.07, 6.45) is 0. The van der Waals surface area contributed by atoms with Gasteiger partial charge in [0.25, 0.3) is 0 Å². The summed E-state index contributed by atoms with van der Waals surface area (Å²) < 4.78 is 0. The Morgan fingerprint density at radius 1 is 1.05 bits per heavy atom. The normalized spacial score (nSPS) is 10.2. The van der Waals surface area contributed by atoms with E-state index in [4.69, 9.17) is 0 Å². The Kier molecular flexibility index (Phi) is 5.69. The van der Waals surface area contributed by atoms with Gasteiger partial charge in [-0.2, -0.15) is 0 Å². The molecule has 0 unspecified atom stereocenters. The van der Waals surface area contributed by atoms with Crippen LogP contribution >= 0.6 is 11.8 Å². The SMILES string of the molecule is Cc1ccccc1CNC(=O)CSCc1ccccc1. The van der Waals surface area contributed by atoms with Crippen molar-refractivity contribution in [3.63, 3.8) is 0 Å². The Morgan fingerprint density at radius 3 is 2.50 bits per heavy atom. The molecule has 20 heavy (non-hydrogen) atoms. The number of hydrogen-bond donors (Lipinski definition) is 1. The van der Waals surface area contributed by atoms with E-state index in [1.54, 1.807) is 11.8 Å². The van der Waals surface area contributed by atoms with Gasteiger partial charge in [-0.25, -0.2) is 0 Å². The summed E-state index contributed by atoms with van der Waals surface area (Å²) in [6.45, 7) is 2.67. The molecular weight excluding hydrogens is 266 g/mol. The lowest BCUT2D eigenvalue weighted by molar-refractivity contribution is -0.118. The molecule has 0 aliphatic carbocycles. The van der Waals surface area contributed by atoms with Crippen molar-refractivity contribution in [3.8, 4) is 0 Å². The topological polar surface area (TPSA) is 29.1 Å². The molecule has 1 N–H and O–H groups in total. The zero-order valence-electron chi connectivity index (χ0n) is 11.6. The fourth-order valence-electron chi connectivity index (χ4n) is 1.89. The van der Waals surface area contributed by atoms with Gasteiger partial charge >= 0.3 is 0 Å². The highest BCUT2D eigenvalue weighted by molar-refractivity contribution is 7.99. The van der Waals surface area contributed by atoms with Crippen LogP contribution in [0.4, 0.5) is 0 Å². The second kappa shape index (κ2) is 7.75. The number of aryl methyl sites for hydroxylation is 1. The molecule has 0 aromatic heterocycles. The van der Waals surface area contributed by atoms with Crippen LogP contribution < -0.4 is 5.32 Å². The third-order valence-corrected chi connectivity index (χ3v) is 4.09. The number of rotatable bonds is 6. The number of benzene rings is 2. The molecule has 2 nitrogen and oxygen atoms in total. The minimum absolute atomic E-state index is 0.0918. The lowest BCUT2D eigenvalue weighted by atomic mass is 10.1. The average Bonchev–Trinajstić information content (AvgIpc) is 2.47. The molecule has 0 saturated heterocycles. The van der Waals surface area contributed by atoms with Gasteiger partial charge in [-0.1, -0.05) is 54.6 Å². The Labute approximate surface area is 124 Å². The number of amides is 1. The van der Waals surface area contributed by atoms with Gasteiger partial charge in [0.05, 0.1) is 5.75 Å². The number of thioether (sulfide) groups is 1. The van der Waals surface area contributed by atoms with Crippen LogP contribution in [0.3, 0.4) is 0 Å². The van der Waals surface area contributed by atoms with Crippen LogP contribution in [0.5, 0.6) is 0 Å². The van der Waals surface area contributed by atoms with Gasteiger partial charge in [-0.15, -0.1) is 11.8 Å². The summed E-state index contributed by atoms with van der Waals surface area (Å²) in [4.78, 5) is 11.8. The van der Waals surface area contributed by atoms with Crippen LogP contribution in [-0.2, 0) is 17.1 Å². The first kappa shape index (κ1) is 14.7. The van der Waals surface area contributed by atoms with E-state index < -0.39 is 0 Å². The summed E-state index contributed by atoms with van der Waals surface area (Å²) >= 11 is 1.64. The summed E-state index contributed by atoms with van der Waals surface area (Å²) in [5, 5.41) is 2.97. The third kappa shape index (κ3) is 4.74. The standard InChI is InChI=1S/C17H19NOS/c1-14-7-5-6-10-16(14)11-18-17(19)13-20-12-15-8-3-2-4-9-15/h2-10H,11-13H2,1H3,(H,18,19). The van der Waals surface area contributed by atoms with Crippen LogP contribution in [0.25, 0.3) is 0 Å². The Balaban J connectivity index is 1.70. The molecule has 2 aromatic carbocycles. The highest BCUT2D eigenvalue weighted by atomic mass is 32.2.